The summed E-state index contributed by atoms with van der Waals surface area (Å²) in [6.45, 7) is 2.88. The third kappa shape index (κ3) is 8.49. The van der Waals surface area contributed by atoms with Crippen LogP contribution in [0.25, 0.3) is 11.8 Å². The smallest absolute Gasteiger partial charge is 0.359 e. The quantitative estimate of drug-likeness (QED) is 0.104. The van der Waals surface area contributed by atoms with Crippen molar-refractivity contribution in [1.29, 1.82) is 0 Å². The maximum atomic E-state index is 14.8. The third-order valence-electron chi connectivity index (χ3n) is 6.57. The summed E-state index contributed by atoms with van der Waals surface area (Å²) in [4.78, 5) is 36.7. The maximum Gasteiger partial charge on any atom is 0.359 e. The van der Waals surface area contributed by atoms with Gasteiger partial charge in [-0.25, -0.2) is 18.4 Å². The second-order valence-corrected chi connectivity index (χ2v) is 12.7. The second-order valence-electron chi connectivity index (χ2n) is 9.89. The number of esters is 2. The molecule has 3 aromatic rings. The Morgan fingerprint density at radius 2 is 1.35 bits per heavy atom. The molecule has 0 fully saturated rings. The second kappa shape index (κ2) is 15.4. The average Bonchev–Trinajstić information content (AvgIpc) is 3.55. The van der Waals surface area contributed by atoms with E-state index in [1.165, 1.54) is 56.4 Å². The van der Waals surface area contributed by atoms with Crippen LogP contribution in [0.3, 0.4) is 0 Å². The average molecular weight is 747 g/mol. The highest BCUT2D eigenvalue weighted by atomic mass is 32.2. The minimum atomic E-state index is -4.75. The van der Waals surface area contributed by atoms with E-state index in [1.807, 2.05) is 0 Å². The Morgan fingerprint density at radius 1 is 0.824 bits per heavy atom. The van der Waals surface area contributed by atoms with Gasteiger partial charge in [0.05, 0.1) is 34.1 Å². The van der Waals surface area contributed by atoms with Crippen LogP contribution in [0.2, 0.25) is 0 Å². The summed E-state index contributed by atoms with van der Waals surface area (Å²) >= 11 is 0. The molecule has 51 heavy (non-hydrogen) atoms. The van der Waals surface area contributed by atoms with Gasteiger partial charge in [0.2, 0.25) is 5.88 Å². The maximum absolute atomic E-state index is 14.8. The van der Waals surface area contributed by atoms with Crippen molar-refractivity contribution in [2.45, 2.75) is 23.6 Å². The molecule has 1 aliphatic rings. The number of carbonyl (C=O) groups excluding carboxylic acids is 3. The number of hydrogen-bond donors (Lipinski definition) is 3. The SMILES string of the molecule is CCOC(=O)C1=NN(c2ccc(S(=O)(=O)O)cc2[18F])C(=O)\C1=C/C=C/C=C/C=C/c1c(C(=O)OCC)nn(-c2ccc(S(=O)(=O)O)cc2[18F])c1O. The van der Waals surface area contributed by atoms with Gasteiger partial charge in [-0.1, -0.05) is 30.4 Å². The van der Waals surface area contributed by atoms with E-state index in [1.54, 1.807) is 0 Å². The largest absolute Gasteiger partial charge is 0.493 e. The van der Waals surface area contributed by atoms with Gasteiger partial charge in [0, 0.05) is 0 Å². The summed E-state index contributed by atoms with van der Waals surface area (Å²) in [6, 6.07) is 4.45. The highest BCUT2D eigenvalue weighted by Gasteiger charge is 2.37. The minimum Gasteiger partial charge on any atom is -0.493 e. The number of anilines is 1. The Balaban J connectivity index is 1.60. The summed E-state index contributed by atoms with van der Waals surface area (Å²) < 4.78 is 104. The van der Waals surface area contributed by atoms with Crippen molar-refractivity contribution in [2.75, 3.05) is 18.2 Å². The summed E-state index contributed by atoms with van der Waals surface area (Å²) in [5.41, 5.74) is -2.38. The van der Waals surface area contributed by atoms with E-state index in [4.69, 9.17) is 18.6 Å². The van der Waals surface area contributed by atoms with Gasteiger partial charge < -0.3 is 14.6 Å². The molecule has 0 bridgehead atoms. The minimum absolute atomic E-state index is 0.0641. The van der Waals surface area contributed by atoms with Crippen LogP contribution in [0.4, 0.5) is 14.5 Å². The van der Waals surface area contributed by atoms with Crippen molar-refractivity contribution in [3.05, 3.63) is 101 Å². The number of amides is 1. The number of hydrogen-bond acceptors (Lipinski definition) is 12. The molecule has 20 heteroatoms. The van der Waals surface area contributed by atoms with Crippen molar-refractivity contribution in [3.8, 4) is 11.6 Å². The highest BCUT2D eigenvalue weighted by molar-refractivity contribution is 7.86. The van der Waals surface area contributed by atoms with Crippen LogP contribution in [-0.2, 0) is 39.3 Å². The number of aromatic nitrogens is 2. The molecule has 0 saturated heterocycles. The Kier molecular flexibility index (Phi) is 11.5. The van der Waals surface area contributed by atoms with E-state index in [-0.39, 0.29) is 24.4 Å². The molecule has 1 aromatic heterocycles. The van der Waals surface area contributed by atoms with Crippen LogP contribution in [-0.4, -0.2) is 77.6 Å². The van der Waals surface area contributed by atoms with E-state index in [0.29, 0.717) is 21.8 Å². The molecular weight excluding hydrogens is 720 g/mol. The fourth-order valence-corrected chi connectivity index (χ4v) is 5.29. The van der Waals surface area contributed by atoms with Crippen LogP contribution in [0.1, 0.15) is 29.9 Å². The lowest BCUT2D eigenvalue weighted by molar-refractivity contribution is -0.135. The molecule has 16 nitrogen and oxygen atoms in total. The zero-order valence-electron chi connectivity index (χ0n) is 26.3. The summed E-state index contributed by atoms with van der Waals surface area (Å²) in [5.74, 6) is -6.10. The number of allylic oxidation sites excluding steroid dienone is 6. The van der Waals surface area contributed by atoms with E-state index in [0.717, 1.165) is 24.3 Å². The molecule has 1 aliphatic heterocycles. The molecule has 0 spiro atoms. The fourth-order valence-electron chi connectivity index (χ4n) is 4.31. The van der Waals surface area contributed by atoms with Crippen molar-refractivity contribution in [3.63, 3.8) is 0 Å². The van der Waals surface area contributed by atoms with Crippen LogP contribution >= 0.6 is 0 Å². The van der Waals surface area contributed by atoms with Gasteiger partial charge >= 0.3 is 11.9 Å². The molecule has 3 N–H and O–H groups in total. The van der Waals surface area contributed by atoms with Gasteiger partial charge in [0.1, 0.15) is 23.0 Å². The molecule has 2 heterocycles. The van der Waals surface area contributed by atoms with Gasteiger partial charge in [0.15, 0.2) is 11.4 Å². The molecule has 0 radical (unpaired) electrons. The van der Waals surface area contributed by atoms with Crippen LogP contribution < -0.4 is 5.01 Å². The number of carbonyl (C=O) groups is 3. The van der Waals surface area contributed by atoms with Gasteiger partial charge in [-0.05, 0) is 62.4 Å². The van der Waals surface area contributed by atoms with Crippen molar-refractivity contribution in [1.82, 2.24) is 9.78 Å². The molecule has 268 valence electrons. The third-order valence-corrected chi connectivity index (χ3v) is 8.27. The summed E-state index contributed by atoms with van der Waals surface area (Å²) in [5, 5.41) is 19.1. The van der Waals surface area contributed by atoms with Gasteiger partial charge in [0.25, 0.3) is 26.1 Å². The number of hydrazone groups is 1. The number of benzene rings is 2. The van der Waals surface area contributed by atoms with Crippen molar-refractivity contribution in [2.24, 2.45) is 5.10 Å². The fraction of sp³-hybridized carbons (Fsp3) is 0.129. The number of halogens is 2. The summed E-state index contributed by atoms with van der Waals surface area (Å²) in [6.07, 6.45) is 9.26. The number of rotatable bonds is 12. The first-order valence-corrected chi connectivity index (χ1v) is 17.2. The number of aromatic hydroxyl groups is 1. The predicted molar refractivity (Wildman–Crippen MR) is 174 cm³/mol. The molecule has 1 amide bonds. The molecule has 0 saturated carbocycles. The highest BCUT2D eigenvalue weighted by Crippen LogP contribution is 2.30. The molecule has 0 atom stereocenters. The van der Waals surface area contributed by atoms with E-state index < -0.39 is 88.2 Å². The topological polar surface area (TPSA) is 232 Å². The molecule has 4 rings (SSSR count). The van der Waals surface area contributed by atoms with Crippen molar-refractivity contribution < 1.29 is 63.7 Å². The molecule has 0 aliphatic carbocycles. The van der Waals surface area contributed by atoms with Crippen LogP contribution in [0.15, 0.2) is 93.3 Å². The Hall–Kier alpha value is -5.83. The van der Waals surface area contributed by atoms with E-state index in [2.05, 4.69) is 10.2 Å². The lowest BCUT2D eigenvalue weighted by atomic mass is 10.1. The molecule has 0 unspecified atom stereocenters. The van der Waals surface area contributed by atoms with Gasteiger partial charge in [-0.2, -0.15) is 36.7 Å². The number of ether oxygens (including phenoxy) is 2. The van der Waals surface area contributed by atoms with Crippen LogP contribution in [0.5, 0.6) is 5.88 Å². The zero-order chi connectivity index (χ0) is 37.7. The lowest BCUT2D eigenvalue weighted by Gasteiger charge is -2.12. The van der Waals surface area contributed by atoms with Crippen molar-refractivity contribution >= 4 is 55.6 Å². The van der Waals surface area contributed by atoms with E-state index in [9.17, 15) is 45.1 Å². The van der Waals surface area contributed by atoms with E-state index >= 15 is 0 Å². The molecule has 2 aromatic carbocycles. The Morgan fingerprint density at radius 3 is 1.90 bits per heavy atom. The number of nitrogens with zero attached hydrogens (tertiary/aromatic N) is 4. The summed E-state index contributed by atoms with van der Waals surface area (Å²) in [7, 11) is -9.48. The van der Waals surface area contributed by atoms with Crippen LogP contribution in [0, 0.1) is 11.6 Å². The first-order valence-electron chi connectivity index (χ1n) is 14.3. The standard InChI is InChI=1S/C31H26F2N4O12S2/c1-3-48-30(40)26-20(28(38)36(34-26)24-14-12-18(16-22(24)32)50(42,43)44)10-8-6-5-7-9-11-21-27(31(41)49-4-2)35-37(29(21)39)25-15-13-19(17-23(25)33)51(45,46)47/h5-17,38H,3-4H2,1-2H3,(H,42,43,44)(H,45,46,47)/b6-5+,9-7+,10-8+,21-11-/i32-1,33-1. The first-order chi connectivity index (χ1) is 24.0. The Bertz CT molecular complexity index is 2290. The molecular formula is C31H26F2N4O12S2. The van der Waals surface area contributed by atoms with Gasteiger partial charge in [-0.15, -0.1) is 0 Å². The zero-order valence-corrected chi connectivity index (χ0v) is 27.9. The lowest BCUT2D eigenvalue weighted by Crippen LogP contribution is -2.23. The first kappa shape index (κ1) is 38.0. The predicted octanol–water partition coefficient (Wildman–Crippen LogP) is 3.54. The van der Waals surface area contributed by atoms with Gasteiger partial charge in [-0.3, -0.25) is 13.9 Å². The normalized spacial score (nSPS) is 14.7. The Labute approximate surface area is 288 Å². The monoisotopic (exact) mass is 746 g/mol.